The van der Waals surface area contributed by atoms with Gasteiger partial charge in [0.05, 0.1) is 0 Å². The van der Waals surface area contributed by atoms with Crippen molar-refractivity contribution < 1.29 is 13.3 Å². The normalized spacial score (nSPS) is 15.0. The van der Waals surface area contributed by atoms with Crippen molar-refractivity contribution in [1.29, 1.82) is 0 Å². The zero-order chi connectivity index (χ0) is 14.8. The first kappa shape index (κ1) is 18.7. The highest BCUT2D eigenvalue weighted by Crippen LogP contribution is 2.31. The van der Waals surface area contributed by atoms with Gasteiger partial charge in [-0.15, -0.1) is 0 Å². The maximum absolute atomic E-state index is 6.24. The standard InChI is InChI=1S/C11H29O3Si4/c1-16(2,3)12-11(10-15,13-17(4,5)6)14-18(7,8)9/h10H2,1-9H3. The molecule has 0 aromatic carbocycles. The monoisotopic (exact) mass is 321 g/mol. The minimum Gasteiger partial charge on any atom is -0.371 e. The Morgan fingerprint density at radius 2 is 0.889 bits per heavy atom. The summed E-state index contributed by atoms with van der Waals surface area (Å²) in [5, 5.41) is 0. The fourth-order valence-electron chi connectivity index (χ4n) is 1.57. The van der Waals surface area contributed by atoms with Crippen molar-refractivity contribution >= 4 is 35.2 Å². The van der Waals surface area contributed by atoms with Crippen LogP contribution < -0.4 is 0 Å². The van der Waals surface area contributed by atoms with Crippen LogP contribution in [0.2, 0.25) is 65.0 Å². The quantitative estimate of drug-likeness (QED) is 0.527. The molecule has 0 saturated carbocycles. The molecule has 0 aliphatic heterocycles. The molecule has 0 atom stereocenters. The van der Waals surface area contributed by atoms with Crippen LogP contribution in [-0.4, -0.2) is 41.2 Å². The van der Waals surface area contributed by atoms with Gasteiger partial charge in [0.2, 0.25) is 0 Å². The minimum atomic E-state index is -1.75. The van der Waals surface area contributed by atoms with Crippen molar-refractivity contribution in [1.82, 2.24) is 0 Å². The van der Waals surface area contributed by atoms with Crippen LogP contribution >= 0.6 is 0 Å². The maximum Gasteiger partial charge on any atom is 0.251 e. The Morgan fingerprint density at radius 3 is 1.00 bits per heavy atom. The van der Waals surface area contributed by atoms with Gasteiger partial charge in [0.25, 0.3) is 5.97 Å². The molecule has 18 heavy (non-hydrogen) atoms. The van der Waals surface area contributed by atoms with Gasteiger partial charge in [-0.3, -0.25) is 0 Å². The molecule has 3 nitrogen and oxygen atoms in total. The van der Waals surface area contributed by atoms with Crippen LogP contribution in [0.3, 0.4) is 0 Å². The van der Waals surface area contributed by atoms with Crippen LogP contribution in [0.5, 0.6) is 0 Å². The second kappa shape index (κ2) is 6.02. The van der Waals surface area contributed by atoms with Gasteiger partial charge >= 0.3 is 0 Å². The van der Waals surface area contributed by atoms with E-state index in [1.807, 2.05) is 0 Å². The third-order valence-electron chi connectivity index (χ3n) is 1.60. The third kappa shape index (κ3) is 8.78. The Kier molecular flexibility index (Phi) is 6.27. The molecule has 3 radical (unpaired) electrons. The van der Waals surface area contributed by atoms with Gasteiger partial charge in [-0.1, -0.05) is 0 Å². The lowest BCUT2D eigenvalue weighted by molar-refractivity contribution is -0.255. The Morgan fingerprint density at radius 1 is 0.667 bits per heavy atom. The summed E-state index contributed by atoms with van der Waals surface area (Å²) in [6.45, 7) is 19.4. The summed E-state index contributed by atoms with van der Waals surface area (Å²) in [7, 11) is -1.67. The number of rotatable bonds is 7. The molecule has 0 fully saturated rings. The second-order valence-electron chi connectivity index (χ2n) is 7.50. The van der Waals surface area contributed by atoms with Crippen LogP contribution in [0.25, 0.3) is 0 Å². The molecule has 0 aromatic heterocycles. The summed E-state index contributed by atoms with van der Waals surface area (Å²) in [4.78, 5) is 0. The van der Waals surface area contributed by atoms with E-state index < -0.39 is 30.9 Å². The first-order valence-corrected chi connectivity index (χ1v) is 17.4. The first-order valence-electron chi connectivity index (χ1n) is 6.43. The summed E-state index contributed by atoms with van der Waals surface area (Å²) in [6.07, 6.45) is 0. The molecular formula is C11H29O3Si4. The van der Waals surface area contributed by atoms with Gasteiger partial charge < -0.3 is 13.3 Å². The summed E-state index contributed by atoms with van der Waals surface area (Å²) in [5.41, 5.74) is 0. The van der Waals surface area contributed by atoms with E-state index in [2.05, 4.69) is 69.2 Å². The van der Waals surface area contributed by atoms with Crippen LogP contribution in [-0.2, 0) is 13.3 Å². The molecule has 0 unspecified atom stereocenters. The van der Waals surface area contributed by atoms with Crippen LogP contribution in [0.15, 0.2) is 0 Å². The average molecular weight is 322 g/mol. The fraction of sp³-hybridized carbons (Fsp3) is 1.00. The Labute approximate surface area is 119 Å². The summed E-state index contributed by atoms with van der Waals surface area (Å²) in [6, 6.07) is 0.547. The molecule has 107 valence electrons. The molecule has 0 bridgehead atoms. The molecule has 0 rings (SSSR count). The first-order chi connectivity index (χ1) is 7.68. The number of hydrogen-bond acceptors (Lipinski definition) is 3. The Balaban J connectivity index is 5.20. The molecule has 0 heterocycles. The van der Waals surface area contributed by atoms with E-state index in [1.165, 1.54) is 0 Å². The van der Waals surface area contributed by atoms with Crippen molar-refractivity contribution in [3.05, 3.63) is 0 Å². The Bertz CT molecular complexity index is 222. The maximum atomic E-state index is 6.24. The van der Waals surface area contributed by atoms with Gasteiger partial charge in [-0.2, -0.15) is 0 Å². The average Bonchev–Trinajstić information content (AvgIpc) is 1.93. The Hall–Kier alpha value is 0.748. The molecular weight excluding hydrogens is 292 g/mol. The summed E-state index contributed by atoms with van der Waals surface area (Å²) < 4.78 is 18.7. The van der Waals surface area contributed by atoms with E-state index in [1.54, 1.807) is 0 Å². The highest BCUT2D eigenvalue weighted by atomic mass is 28.4. The SMILES string of the molecule is C[Si](C)(C)OC(C[Si])(O[Si](C)(C)C)O[Si](C)(C)C. The van der Waals surface area contributed by atoms with E-state index in [0.29, 0.717) is 6.04 Å². The zero-order valence-electron chi connectivity index (χ0n) is 13.4. The lowest BCUT2D eigenvalue weighted by Gasteiger charge is -2.45. The van der Waals surface area contributed by atoms with E-state index in [-0.39, 0.29) is 0 Å². The predicted molar refractivity (Wildman–Crippen MR) is 86.6 cm³/mol. The fourth-order valence-corrected chi connectivity index (χ4v) is 5.74. The van der Waals surface area contributed by atoms with E-state index in [0.717, 1.165) is 0 Å². The molecule has 0 spiro atoms. The second-order valence-corrected chi connectivity index (χ2v) is 21.1. The van der Waals surface area contributed by atoms with Crippen LogP contribution in [0.4, 0.5) is 0 Å². The lowest BCUT2D eigenvalue weighted by atomic mass is 10.7. The van der Waals surface area contributed by atoms with Gasteiger partial charge in [0.1, 0.15) is 0 Å². The van der Waals surface area contributed by atoms with Gasteiger partial charge in [-0.05, 0) is 58.9 Å². The smallest absolute Gasteiger partial charge is 0.251 e. The lowest BCUT2D eigenvalue weighted by Crippen LogP contribution is -2.55. The van der Waals surface area contributed by atoms with Gasteiger partial charge in [0, 0.05) is 16.3 Å². The molecule has 0 aliphatic carbocycles. The van der Waals surface area contributed by atoms with Crippen molar-refractivity contribution in [2.45, 2.75) is 70.9 Å². The molecule has 0 N–H and O–H groups in total. The molecule has 0 amide bonds. The van der Waals surface area contributed by atoms with Crippen molar-refractivity contribution in [2.24, 2.45) is 0 Å². The van der Waals surface area contributed by atoms with Crippen LogP contribution in [0, 0.1) is 0 Å². The molecule has 0 saturated heterocycles. The highest BCUT2D eigenvalue weighted by Gasteiger charge is 2.43. The topological polar surface area (TPSA) is 27.7 Å². The minimum absolute atomic E-state index is 0.547. The highest BCUT2D eigenvalue weighted by molar-refractivity contribution is 6.72. The van der Waals surface area contributed by atoms with E-state index in [9.17, 15) is 0 Å². The summed E-state index contributed by atoms with van der Waals surface area (Å²) in [5.74, 6) is -0.906. The van der Waals surface area contributed by atoms with Crippen molar-refractivity contribution in [3.8, 4) is 0 Å². The predicted octanol–water partition coefficient (Wildman–Crippen LogP) is 3.78. The number of hydrogen-bond donors (Lipinski definition) is 0. The molecule has 7 heteroatoms. The van der Waals surface area contributed by atoms with E-state index in [4.69, 9.17) is 13.3 Å². The summed E-state index contributed by atoms with van der Waals surface area (Å²) >= 11 is 0. The molecule has 0 aliphatic rings. The van der Waals surface area contributed by atoms with Gasteiger partial charge in [-0.25, -0.2) is 0 Å². The molecule has 0 aromatic rings. The van der Waals surface area contributed by atoms with Crippen molar-refractivity contribution in [3.63, 3.8) is 0 Å². The zero-order valence-corrected chi connectivity index (χ0v) is 17.4. The van der Waals surface area contributed by atoms with Crippen molar-refractivity contribution in [2.75, 3.05) is 0 Å². The van der Waals surface area contributed by atoms with Crippen LogP contribution in [0.1, 0.15) is 0 Å². The van der Waals surface area contributed by atoms with Gasteiger partial charge in [0.15, 0.2) is 25.0 Å². The van der Waals surface area contributed by atoms with E-state index >= 15 is 0 Å². The third-order valence-corrected chi connectivity index (χ3v) is 4.80. The largest absolute Gasteiger partial charge is 0.371 e.